The van der Waals surface area contributed by atoms with E-state index in [4.69, 9.17) is 23.2 Å². The van der Waals surface area contributed by atoms with Gasteiger partial charge in [-0.15, -0.1) is 23.2 Å². The van der Waals surface area contributed by atoms with Crippen LogP contribution in [0.3, 0.4) is 0 Å². The first kappa shape index (κ1) is 17.9. The first-order valence-electron chi connectivity index (χ1n) is 7.44. The van der Waals surface area contributed by atoms with Gasteiger partial charge in [0.25, 0.3) is 0 Å². The molecule has 0 bridgehead atoms. The van der Waals surface area contributed by atoms with Gasteiger partial charge < -0.3 is 0 Å². The smallest absolute Gasteiger partial charge is 0.164 e. The lowest BCUT2D eigenvalue weighted by atomic mass is 10.1. The van der Waals surface area contributed by atoms with E-state index in [2.05, 4.69) is 0 Å². The maximum absolute atomic E-state index is 12.0. The van der Waals surface area contributed by atoms with E-state index in [1.54, 1.807) is 23.5 Å². The molecule has 0 aromatic heterocycles. The molecular formula is C18H14Cl2O2S2. The fourth-order valence-electron chi connectivity index (χ4n) is 2.39. The second-order valence-corrected chi connectivity index (χ2v) is 8.17. The number of Topliss-reactive ketones (excluding diaryl/α,β-unsaturated/α-hetero) is 2. The van der Waals surface area contributed by atoms with E-state index in [0.717, 1.165) is 19.6 Å². The summed E-state index contributed by atoms with van der Waals surface area (Å²) >= 11 is 14.6. The molecule has 1 aliphatic rings. The lowest BCUT2D eigenvalue weighted by Crippen LogP contribution is -2.02. The van der Waals surface area contributed by atoms with Gasteiger partial charge in [0.2, 0.25) is 0 Å². The van der Waals surface area contributed by atoms with Crippen LogP contribution in [-0.2, 0) is 0 Å². The largest absolute Gasteiger partial charge is 0.294 e. The Kier molecular flexibility index (Phi) is 5.93. The minimum absolute atomic E-state index is 0.0613. The van der Waals surface area contributed by atoms with Crippen molar-refractivity contribution in [2.45, 2.75) is 32.4 Å². The topological polar surface area (TPSA) is 34.1 Å². The SMILES string of the molecule is O=C(CCCl)c1ccc2c(c1)Sc1ccc(C(=O)CCCl)cc1S2. The molecule has 3 rings (SSSR count). The van der Waals surface area contributed by atoms with Gasteiger partial charge in [0.05, 0.1) is 0 Å². The fourth-order valence-corrected chi connectivity index (χ4v) is 5.01. The Morgan fingerprint density at radius 1 is 0.708 bits per heavy atom. The third kappa shape index (κ3) is 3.83. The van der Waals surface area contributed by atoms with Crippen molar-refractivity contribution in [2.24, 2.45) is 0 Å². The third-order valence-corrected chi connectivity index (χ3v) is 6.52. The van der Waals surface area contributed by atoms with Crippen molar-refractivity contribution in [1.29, 1.82) is 0 Å². The summed E-state index contributed by atoms with van der Waals surface area (Å²) in [5.41, 5.74) is 1.39. The zero-order valence-electron chi connectivity index (χ0n) is 12.7. The number of carbonyl (C=O) groups is 2. The summed E-state index contributed by atoms with van der Waals surface area (Å²) in [4.78, 5) is 28.3. The van der Waals surface area contributed by atoms with Gasteiger partial charge in [-0.05, 0) is 24.3 Å². The molecule has 0 saturated heterocycles. The minimum Gasteiger partial charge on any atom is -0.294 e. The van der Waals surface area contributed by atoms with E-state index in [0.29, 0.717) is 35.7 Å². The highest BCUT2D eigenvalue weighted by molar-refractivity contribution is 8.05. The molecule has 0 aliphatic carbocycles. The summed E-state index contributed by atoms with van der Waals surface area (Å²) in [6, 6.07) is 11.5. The maximum Gasteiger partial charge on any atom is 0.164 e. The predicted molar refractivity (Wildman–Crippen MR) is 100 cm³/mol. The highest BCUT2D eigenvalue weighted by atomic mass is 35.5. The maximum atomic E-state index is 12.0. The molecule has 0 unspecified atom stereocenters. The van der Waals surface area contributed by atoms with Crippen molar-refractivity contribution >= 4 is 58.3 Å². The fraction of sp³-hybridized carbons (Fsp3) is 0.222. The molecule has 2 nitrogen and oxygen atoms in total. The first-order valence-corrected chi connectivity index (χ1v) is 10.1. The molecule has 2 aromatic carbocycles. The molecule has 1 aliphatic heterocycles. The molecule has 0 N–H and O–H groups in total. The van der Waals surface area contributed by atoms with E-state index in [9.17, 15) is 9.59 Å². The molecule has 24 heavy (non-hydrogen) atoms. The predicted octanol–water partition coefficient (Wildman–Crippen LogP) is 5.93. The van der Waals surface area contributed by atoms with Crippen molar-refractivity contribution in [1.82, 2.24) is 0 Å². The number of hydrogen-bond acceptors (Lipinski definition) is 4. The highest BCUT2D eigenvalue weighted by Crippen LogP contribution is 2.48. The Labute approximate surface area is 159 Å². The van der Waals surface area contributed by atoms with Crippen LogP contribution in [0.5, 0.6) is 0 Å². The molecule has 6 heteroatoms. The number of hydrogen-bond donors (Lipinski definition) is 0. The lowest BCUT2D eigenvalue weighted by molar-refractivity contribution is 0.0981. The van der Waals surface area contributed by atoms with Crippen molar-refractivity contribution < 1.29 is 9.59 Å². The summed E-state index contributed by atoms with van der Waals surface area (Å²) in [6.45, 7) is 0. The number of benzene rings is 2. The van der Waals surface area contributed by atoms with Crippen LogP contribution in [0.15, 0.2) is 56.0 Å². The normalized spacial score (nSPS) is 12.4. The van der Waals surface area contributed by atoms with Crippen molar-refractivity contribution in [2.75, 3.05) is 11.8 Å². The second-order valence-electron chi connectivity index (χ2n) is 5.25. The second kappa shape index (κ2) is 7.96. The number of halogens is 2. The Balaban J connectivity index is 1.87. The van der Waals surface area contributed by atoms with Gasteiger partial charge in [-0.3, -0.25) is 9.59 Å². The van der Waals surface area contributed by atoms with E-state index >= 15 is 0 Å². The quantitative estimate of drug-likeness (QED) is 0.382. The molecule has 0 fully saturated rings. The number of rotatable bonds is 6. The van der Waals surface area contributed by atoms with Crippen LogP contribution < -0.4 is 0 Å². The molecule has 124 valence electrons. The summed E-state index contributed by atoms with van der Waals surface area (Å²) < 4.78 is 0. The number of alkyl halides is 2. The van der Waals surface area contributed by atoms with Gasteiger partial charge in [-0.1, -0.05) is 35.7 Å². The Morgan fingerprint density at radius 3 is 1.50 bits per heavy atom. The third-order valence-electron chi connectivity index (χ3n) is 3.61. The average Bonchev–Trinajstić information content (AvgIpc) is 2.59. The van der Waals surface area contributed by atoms with Crippen LogP contribution >= 0.6 is 46.7 Å². The van der Waals surface area contributed by atoms with Crippen LogP contribution in [0.1, 0.15) is 33.6 Å². The van der Waals surface area contributed by atoms with Crippen LogP contribution in [0.25, 0.3) is 0 Å². The van der Waals surface area contributed by atoms with Gasteiger partial charge in [-0.2, -0.15) is 0 Å². The molecule has 0 amide bonds. The number of carbonyl (C=O) groups excluding carboxylic acids is 2. The van der Waals surface area contributed by atoms with Crippen LogP contribution in [0.2, 0.25) is 0 Å². The van der Waals surface area contributed by atoms with Crippen molar-refractivity contribution in [3.8, 4) is 0 Å². The zero-order chi connectivity index (χ0) is 17.1. The molecule has 0 radical (unpaired) electrons. The Bertz CT molecular complexity index is 738. The minimum atomic E-state index is 0.0613. The average molecular weight is 397 g/mol. The molecule has 1 heterocycles. The van der Waals surface area contributed by atoms with Crippen molar-refractivity contribution in [3.63, 3.8) is 0 Å². The number of fused-ring (bicyclic) bond motifs is 2. The monoisotopic (exact) mass is 396 g/mol. The van der Waals surface area contributed by atoms with Gasteiger partial charge in [0, 0.05) is 55.3 Å². The molecule has 2 aromatic rings. The molecule has 0 saturated carbocycles. The van der Waals surface area contributed by atoms with E-state index in [-0.39, 0.29) is 11.6 Å². The Hall–Kier alpha value is -0.940. The van der Waals surface area contributed by atoms with E-state index in [1.807, 2.05) is 36.4 Å². The van der Waals surface area contributed by atoms with Crippen LogP contribution in [0, 0.1) is 0 Å². The van der Waals surface area contributed by atoms with Crippen LogP contribution in [0.4, 0.5) is 0 Å². The first-order chi connectivity index (χ1) is 11.6. The molecular weight excluding hydrogens is 383 g/mol. The summed E-state index contributed by atoms with van der Waals surface area (Å²) in [5, 5.41) is 0. The molecule has 0 atom stereocenters. The highest BCUT2D eigenvalue weighted by Gasteiger charge is 2.20. The summed E-state index contributed by atoms with van der Waals surface area (Å²) in [6.07, 6.45) is 0.696. The molecule has 0 spiro atoms. The number of ketones is 2. The van der Waals surface area contributed by atoms with Crippen LogP contribution in [-0.4, -0.2) is 23.3 Å². The van der Waals surface area contributed by atoms with Gasteiger partial charge >= 0.3 is 0 Å². The lowest BCUT2D eigenvalue weighted by Gasteiger charge is -2.19. The van der Waals surface area contributed by atoms with Crippen molar-refractivity contribution in [3.05, 3.63) is 47.5 Å². The standard InChI is InChI=1S/C18H14Cl2O2S2/c19-7-5-13(21)11-1-3-15-17(9-11)24-16-4-2-12(10-18(16)23-15)14(22)6-8-20/h1-4,9-10H,5-8H2. The van der Waals surface area contributed by atoms with E-state index < -0.39 is 0 Å². The summed E-state index contributed by atoms with van der Waals surface area (Å²) in [7, 11) is 0. The van der Waals surface area contributed by atoms with Gasteiger partial charge in [0.15, 0.2) is 11.6 Å². The summed E-state index contributed by atoms with van der Waals surface area (Å²) in [5.74, 6) is 0.789. The zero-order valence-corrected chi connectivity index (χ0v) is 15.8. The van der Waals surface area contributed by atoms with E-state index in [1.165, 1.54) is 0 Å². The van der Waals surface area contributed by atoms with Gasteiger partial charge in [-0.25, -0.2) is 0 Å². The van der Waals surface area contributed by atoms with Gasteiger partial charge in [0.1, 0.15) is 0 Å². The Morgan fingerprint density at radius 2 is 1.12 bits per heavy atom.